The van der Waals surface area contributed by atoms with Crippen molar-refractivity contribution in [3.63, 3.8) is 0 Å². The summed E-state index contributed by atoms with van der Waals surface area (Å²) < 4.78 is 43.6. The van der Waals surface area contributed by atoms with Crippen LogP contribution < -0.4 is 5.32 Å². The highest BCUT2D eigenvalue weighted by atomic mass is 19.4. The van der Waals surface area contributed by atoms with Gasteiger partial charge in [-0.2, -0.15) is 13.2 Å². The summed E-state index contributed by atoms with van der Waals surface area (Å²) in [6.45, 7) is 3.28. The molecule has 1 aliphatic heterocycles. The zero-order valence-corrected chi connectivity index (χ0v) is 12.9. The largest absolute Gasteiger partial charge is 0.466 e. The number of urea groups is 1. The smallest absolute Gasteiger partial charge is 0.408 e. The Kier molecular flexibility index (Phi) is 6.25. The summed E-state index contributed by atoms with van der Waals surface area (Å²) in [5.41, 5.74) is 0.274. The Morgan fingerprint density at radius 3 is 2.59 bits per heavy atom. The highest BCUT2D eigenvalue weighted by Gasteiger charge is 2.44. The van der Waals surface area contributed by atoms with E-state index in [1.54, 1.807) is 13.0 Å². The number of nitrogens with one attached hydrogen (secondary N) is 1. The summed E-state index contributed by atoms with van der Waals surface area (Å²) in [4.78, 5) is 24.7. The van der Waals surface area contributed by atoms with Gasteiger partial charge in [-0.1, -0.05) is 26.3 Å². The maximum atomic E-state index is 13.0. The van der Waals surface area contributed by atoms with Crippen molar-refractivity contribution in [3.05, 3.63) is 11.6 Å². The summed E-state index contributed by atoms with van der Waals surface area (Å²) >= 11 is 0. The van der Waals surface area contributed by atoms with E-state index < -0.39 is 30.1 Å². The van der Waals surface area contributed by atoms with Crippen LogP contribution in [0.3, 0.4) is 0 Å². The van der Waals surface area contributed by atoms with Crippen LogP contribution in [0.1, 0.15) is 26.7 Å². The fourth-order valence-electron chi connectivity index (χ4n) is 2.20. The predicted molar refractivity (Wildman–Crippen MR) is 74.1 cm³/mol. The molecule has 0 saturated heterocycles. The van der Waals surface area contributed by atoms with E-state index in [0.717, 1.165) is 0 Å². The number of esters is 1. The first-order valence-corrected chi connectivity index (χ1v) is 7.10. The van der Waals surface area contributed by atoms with Crippen LogP contribution in [0.4, 0.5) is 18.0 Å². The molecule has 5 nitrogen and oxygen atoms in total. The van der Waals surface area contributed by atoms with Gasteiger partial charge in [0.25, 0.3) is 0 Å². The molecule has 8 heteroatoms. The number of hydrogen-bond donors (Lipinski definition) is 1. The molecule has 0 aromatic heterocycles. The van der Waals surface area contributed by atoms with E-state index in [-0.39, 0.29) is 25.1 Å². The zero-order valence-electron chi connectivity index (χ0n) is 12.9. The van der Waals surface area contributed by atoms with Crippen LogP contribution in [-0.4, -0.2) is 49.3 Å². The summed E-state index contributed by atoms with van der Waals surface area (Å²) in [6, 6.07) is -2.73. The molecule has 0 fully saturated rings. The Morgan fingerprint density at radius 1 is 1.45 bits per heavy atom. The Balaban J connectivity index is 2.75. The van der Waals surface area contributed by atoms with Gasteiger partial charge in [-0.25, -0.2) is 9.59 Å². The minimum absolute atomic E-state index is 0.0520. The average molecular weight is 322 g/mol. The lowest BCUT2D eigenvalue weighted by molar-refractivity contribution is -0.164. The van der Waals surface area contributed by atoms with Crippen LogP contribution in [-0.2, 0) is 9.53 Å². The third-order valence-corrected chi connectivity index (χ3v) is 3.73. The molecule has 2 amide bonds. The van der Waals surface area contributed by atoms with Crippen molar-refractivity contribution in [2.24, 2.45) is 5.92 Å². The van der Waals surface area contributed by atoms with Gasteiger partial charge in [0.1, 0.15) is 6.04 Å². The molecule has 0 aromatic rings. The van der Waals surface area contributed by atoms with Gasteiger partial charge in [-0.15, -0.1) is 0 Å². The van der Waals surface area contributed by atoms with Crippen molar-refractivity contribution in [2.45, 2.75) is 38.9 Å². The lowest BCUT2D eigenvalue weighted by Crippen LogP contribution is -2.54. The molecule has 126 valence electrons. The molecule has 1 heterocycles. The third-order valence-electron chi connectivity index (χ3n) is 3.73. The standard InChI is InChI=1S/C14H21F3N2O3/c1-4-9(2)11(14(15,16)17)18-13(21)19-7-5-6-10(8-19)12(20)22-3/h6,9,11H,4-5,7-8H2,1-3H3,(H,18,21)/t9-,11-/m0/s1. The molecule has 0 saturated carbocycles. The molecule has 22 heavy (non-hydrogen) atoms. The molecule has 1 aliphatic rings. The number of nitrogens with zero attached hydrogens (tertiary/aromatic N) is 1. The van der Waals surface area contributed by atoms with Crippen molar-refractivity contribution >= 4 is 12.0 Å². The van der Waals surface area contributed by atoms with Crippen molar-refractivity contribution in [1.82, 2.24) is 10.2 Å². The highest BCUT2D eigenvalue weighted by Crippen LogP contribution is 2.27. The van der Waals surface area contributed by atoms with Crippen LogP contribution in [0.5, 0.6) is 0 Å². The van der Waals surface area contributed by atoms with Gasteiger partial charge in [0.2, 0.25) is 0 Å². The Morgan fingerprint density at radius 2 is 2.09 bits per heavy atom. The number of carbonyl (C=O) groups is 2. The molecule has 0 aromatic carbocycles. The van der Waals surface area contributed by atoms with E-state index in [4.69, 9.17) is 0 Å². The summed E-state index contributed by atoms with van der Waals surface area (Å²) in [7, 11) is 1.21. The van der Waals surface area contributed by atoms with Crippen molar-refractivity contribution in [1.29, 1.82) is 0 Å². The number of ether oxygens (including phenoxy) is 1. The molecule has 0 bridgehead atoms. The van der Waals surface area contributed by atoms with E-state index in [0.29, 0.717) is 6.42 Å². The van der Waals surface area contributed by atoms with Gasteiger partial charge >= 0.3 is 18.2 Å². The van der Waals surface area contributed by atoms with Crippen LogP contribution in [0, 0.1) is 5.92 Å². The lowest BCUT2D eigenvalue weighted by Gasteiger charge is -2.31. The van der Waals surface area contributed by atoms with E-state index in [1.165, 1.54) is 18.9 Å². The van der Waals surface area contributed by atoms with E-state index >= 15 is 0 Å². The number of rotatable bonds is 4. The molecule has 0 aliphatic carbocycles. The first-order valence-electron chi connectivity index (χ1n) is 7.10. The SMILES string of the molecule is CC[C@H](C)[C@H](NC(=O)N1CCC=C(C(=O)OC)C1)C(F)(F)F. The van der Waals surface area contributed by atoms with E-state index in [2.05, 4.69) is 4.74 Å². The Bertz CT molecular complexity index is 449. The van der Waals surface area contributed by atoms with Crippen molar-refractivity contribution in [3.8, 4) is 0 Å². The second-order valence-corrected chi connectivity index (χ2v) is 5.29. The fraction of sp³-hybridized carbons (Fsp3) is 0.714. The van der Waals surface area contributed by atoms with Gasteiger partial charge in [0, 0.05) is 6.54 Å². The van der Waals surface area contributed by atoms with Crippen LogP contribution in [0.15, 0.2) is 11.6 Å². The number of carbonyl (C=O) groups excluding carboxylic acids is 2. The maximum absolute atomic E-state index is 13.0. The molecule has 0 radical (unpaired) electrons. The Hall–Kier alpha value is -1.73. The van der Waals surface area contributed by atoms with Crippen LogP contribution in [0.2, 0.25) is 0 Å². The Labute approximate surface area is 127 Å². The second kappa shape index (κ2) is 7.51. The number of amides is 2. The van der Waals surface area contributed by atoms with Crippen molar-refractivity contribution < 1.29 is 27.5 Å². The molecule has 1 N–H and O–H groups in total. The van der Waals surface area contributed by atoms with Gasteiger partial charge < -0.3 is 15.0 Å². The molecule has 0 unspecified atom stereocenters. The first kappa shape index (κ1) is 18.3. The molecule has 2 atom stereocenters. The highest BCUT2D eigenvalue weighted by molar-refractivity contribution is 5.90. The molecule has 0 spiro atoms. The predicted octanol–water partition coefficient (Wildman–Crippen LogP) is 2.48. The monoisotopic (exact) mass is 322 g/mol. The number of hydrogen-bond acceptors (Lipinski definition) is 3. The summed E-state index contributed by atoms with van der Waals surface area (Å²) in [6.07, 6.45) is -2.19. The third kappa shape index (κ3) is 4.64. The van der Waals surface area contributed by atoms with Crippen LogP contribution >= 0.6 is 0 Å². The van der Waals surface area contributed by atoms with Gasteiger partial charge in [-0.3, -0.25) is 0 Å². The quantitative estimate of drug-likeness (QED) is 0.809. The summed E-state index contributed by atoms with van der Waals surface area (Å²) in [5, 5.41) is 2.04. The molecular formula is C14H21F3N2O3. The van der Waals surface area contributed by atoms with Gasteiger partial charge in [0.15, 0.2) is 0 Å². The molecular weight excluding hydrogens is 301 g/mol. The van der Waals surface area contributed by atoms with Crippen molar-refractivity contribution in [2.75, 3.05) is 20.2 Å². The maximum Gasteiger partial charge on any atom is 0.408 e. The number of halogens is 3. The topological polar surface area (TPSA) is 58.6 Å². The fourth-order valence-corrected chi connectivity index (χ4v) is 2.20. The molecule has 1 rings (SSSR count). The zero-order chi connectivity index (χ0) is 16.9. The van der Waals surface area contributed by atoms with Gasteiger partial charge in [0.05, 0.1) is 19.2 Å². The van der Waals surface area contributed by atoms with E-state index in [1.807, 2.05) is 5.32 Å². The number of alkyl halides is 3. The lowest BCUT2D eigenvalue weighted by atomic mass is 9.99. The second-order valence-electron chi connectivity index (χ2n) is 5.29. The minimum Gasteiger partial charge on any atom is -0.466 e. The van der Waals surface area contributed by atoms with Gasteiger partial charge in [-0.05, 0) is 12.3 Å². The number of methoxy groups -OCH3 is 1. The minimum atomic E-state index is -4.51. The average Bonchev–Trinajstić information content (AvgIpc) is 2.49. The first-order chi connectivity index (χ1) is 10.2. The van der Waals surface area contributed by atoms with Crippen LogP contribution in [0.25, 0.3) is 0 Å². The summed E-state index contributed by atoms with van der Waals surface area (Å²) in [5.74, 6) is -1.31. The van der Waals surface area contributed by atoms with E-state index in [9.17, 15) is 22.8 Å². The normalized spacial score (nSPS) is 18.3.